The smallest absolute Gasteiger partial charge is 0.0120 e. The summed E-state index contributed by atoms with van der Waals surface area (Å²) >= 11 is 0. The maximum Gasteiger partial charge on any atom is 0.0120 e. The second-order valence-electron chi connectivity index (χ2n) is 9.25. The summed E-state index contributed by atoms with van der Waals surface area (Å²) in [6.07, 6.45) is 17.9. The van der Waals surface area contributed by atoms with Crippen LogP contribution in [0.1, 0.15) is 88.7 Å². The number of aryl methyl sites for hydroxylation is 1. The predicted octanol–water partition coefficient (Wildman–Crippen LogP) is 6.08. The van der Waals surface area contributed by atoms with E-state index in [2.05, 4.69) is 41.0 Å². The zero-order valence-electron chi connectivity index (χ0n) is 18.5. The van der Waals surface area contributed by atoms with E-state index in [-0.39, 0.29) is 0 Å². The molecule has 158 valence electrons. The first-order valence-corrected chi connectivity index (χ1v) is 12.4. The van der Waals surface area contributed by atoms with Gasteiger partial charge in [0.1, 0.15) is 0 Å². The summed E-state index contributed by atoms with van der Waals surface area (Å²) in [4.78, 5) is 5.48. The fourth-order valence-electron chi connectivity index (χ4n) is 5.06. The van der Waals surface area contributed by atoms with Crippen LogP contribution in [0.25, 0.3) is 0 Å². The first kappa shape index (κ1) is 21.8. The van der Waals surface area contributed by atoms with Gasteiger partial charge < -0.3 is 9.80 Å². The van der Waals surface area contributed by atoms with Crippen LogP contribution in [0.5, 0.6) is 0 Å². The standard InChI is InChI=1S/C26H44N2/c1-2-3-4-5-6-8-11-24-12-14-25(15-13-24)16-21-27-22-17-26(18-23-27)28-19-9-7-10-20-28/h12-15,26H,2-11,16-23H2,1H3. The van der Waals surface area contributed by atoms with Crippen molar-refractivity contribution in [2.45, 2.75) is 96.4 Å². The Bertz CT molecular complexity index is 510. The number of benzene rings is 1. The number of nitrogens with zero attached hydrogens (tertiary/aromatic N) is 2. The van der Waals surface area contributed by atoms with Gasteiger partial charge in [-0.15, -0.1) is 0 Å². The molecule has 2 heterocycles. The van der Waals surface area contributed by atoms with Crippen molar-refractivity contribution < 1.29 is 0 Å². The average molecular weight is 385 g/mol. The van der Waals surface area contributed by atoms with Crippen molar-refractivity contribution in [1.82, 2.24) is 9.80 Å². The topological polar surface area (TPSA) is 6.48 Å². The predicted molar refractivity (Wildman–Crippen MR) is 122 cm³/mol. The molecule has 2 heteroatoms. The number of hydrogen-bond acceptors (Lipinski definition) is 2. The Morgan fingerprint density at radius 3 is 2.00 bits per heavy atom. The zero-order valence-corrected chi connectivity index (χ0v) is 18.5. The Balaban J connectivity index is 1.29. The van der Waals surface area contributed by atoms with Crippen LogP contribution in [-0.2, 0) is 12.8 Å². The molecule has 2 saturated heterocycles. The molecule has 0 radical (unpaired) electrons. The number of likely N-dealkylation sites (tertiary alicyclic amines) is 2. The van der Waals surface area contributed by atoms with Crippen LogP contribution in [0.4, 0.5) is 0 Å². The molecular formula is C26H44N2. The van der Waals surface area contributed by atoms with Gasteiger partial charge in [-0.25, -0.2) is 0 Å². The van der Waals surface area contributed by atoms with Gasteiger partial charge in [-0.1, -0.05) is 69.7 Å². The third kappa shape index (κ3) is 7.52. The average Bonchev–Trinajstić information content (AvgIpc) is 2.76. The largest absolute Gasteiger partial charge is 0.303 e. The van der Waals surface area contributed by atoms with Gasteiger partial charge in [-0.3, -0.25) is 0 Å². The summed E-state index contributed by atoms with van der Waals surface area (Å²) in [7, 11) is 0. The Morgan fingerprint density at radius 2 is 1.32 bits per heavy atom. The molecule has 2 fully saturated rings. The molecule has 0 atom stereocenters. The summed E-state index contributed by atoms with van der Waals surface area (Å²) in [5, 5.41) is 0. The first-order chi connectivity index (χ1) is 13.8. The molecule has 0 aliphatic carbocycles. The molecule has 0 amide bonds. The molecular weight excluding hydrogens is 340 g/mol. The van der Waals surface area contributed by atoms with E-state index in [0.29, 0.717) is 0 Å². The van der Waals surface area contributed by atoms with E-state index in [4.69, 9.17) is 0 Å². The molecule has 0 unspecified atom stereocenters. The normalized spacial score (nSPS) is 19.9. The van der Waals surface area contributed by atoms with E-state index in [1.807, 2.05) is 0 Å². The highest BCUT2D eigenvalue weighted by molar-refractivity contribution is 5.22. The van der Waals surface area contributed by atoms with Gasteiger partial charge in [0.2, 0.25) is 0 Å². The fraction of sp³-hybridized carbons (Fsp3) is 0.769. The van der Waals surface area contributed by atoms with Gasteiger partial charge in [0.05, 0.1) is 0 Å². The van der Waals surface area contributed by atoms with Gasteiger partial charge in [-0.2, -0.15) is 0 Å². The van der Waals surface area contributed by atoms with Crippen molar-refractivity contribution in [3.8, 4) is 0 Å². The fourth-order valence-corrected chi connectivity index (χ4v) is 5.06. The van der Waals surface area contributed by atoms with Crippen LogP contribution in [0, 0.1) is 0 Å². The second kappa shape index (κ2) is 12.6. The summed E-state index contributed by atoms with van der Waals surface area (Å²) in [6, 6.07) is 10.4. The summed E-state index contributed by atoms with van der Waals surface area (Å²) in [6.45, 7) is 8.85. The lowest BCUT2D eigenvalue weighted by Gasteiger charge is -2.40. The van der Waals surface area contributed by atoms with E-state index in [0.717, 1.165) is 6.04 Å². The van der Waals surface area contributed by atoms with Crippen LogP contribution in [0.3, 0.4) is 0 Å². The minimum absolute atomic E-state index is 0.873. The quantitative estimate of drug-likeness (QED) is 0.426. The minimum Gasteiger partial charge on any atom is -0.303 e. The third-order valence-electron chi connectivity index (χ3n) is 7.02. The number of piperidine rings is 2. The Kier molecular flexibility index (Phi) is 9.87. The monoisotopic (exact) mass is 384 g/mol. The van der Waals surface area contributed by atoms with Gasteiger partial charge in [-0.05, 0) is 82.3 Å². The Morgan fingerprint density at radius 1 is 0.714 bits per heavy atom. The lowest BCUT2D eigenvalue weighted by Crippen LogP contribution is -2.47. The number of hydrogen-bond donors (Lipinski definition) is 0. The van der Waals surface area contributed by atoms with Crippen molar-refractivity contribution in [3.05, 3.63) is 35.4 Å². The van der Waals surface area contributed by atoms with Crippen molar-refractivity contribution >= 4 is 0 Å². The highest BCUT2D eigenvalue weighted by Gasteiger charge is 2.25. The first-order valence-electron chi connectivity index (χ1n) is 12.4. The van der Waals surface area contributed by atoms with E-state index >= 15 is 0 Å². The van der Waals surface area contributed by atoms with Crippen molar-refractivity contribution in [3.63, 3.8) is 0 Å². The molecule has 0 spiro atoms. The Labute approximate surface area is 174 Å². The van der Waals surface area contributed by atoms with Crippen LogP contribution < -0.4 is 0 Å². The van der Waals surface area contributed by atoms with Crippen molar-refractivity contribution in [2.75, 3.05) is 32.7 Å². The zero-order chi connectivity index (χ0) is 19.4. The molecule has 1 aromatic carbocycles. The molecule has 2 nitrogen and oxygen atoms in total. The summed E-state index contributed by atoms with van der Waals surface area (Å²) in [5.74, 6) is 0. The van der Waals surface area contributed by atoms with Crippen molar-refractivity contribution in [2.24, 2.45) is 0 Å². The molecule has 0 N–H and O–H groups in total. The van der Waals surface area contributed by atoms with Crippen LogP contribution >= 0.6 is 0 Å². The maximum atomic E-state index is 2.78. The lowest BCUT2D eigenvalue weighted by molar-refractivity contribution is 0.0931. The lowest BCUT2D eigenvalue weighted by atomic mass is 9.99. The molecule has 0 aromatic heterocycles. The van der Waals surface area contributed by atoms with E-state index in [1.165, 1.54) is 127 Å². The molecule has 28 heavy (non-hydrogen) atoms. The second-order valence-corrected chi connectivity index (χ2v) is 9.25. The Hall–Kier alpha value is -0.860. The van der Waals surface area contributed by atoms with Gasteiger partial charge in [0.25, 0.3) is 0 Å². The molecule has 2 aliphatic rings. The van der Waals surface area contributed by atoms with Crippen LogP contribution in [0.15, 0.2) is 24.3 Å². The molecule has 1 aromatic rings. The van der Waals surface area contributed by atoms with E-state index in [1.54, 1.807) is 0 Å². The molecule has 0 saturated carbocycles. The van der Waals surface area contributed by atoms with Crippen LogP contribution in [-0.4, -0.2) is 48.6 Å². The van der Waals surface area contributed by atoms with E-state index < -0.39 is 0 Å². The maximum absolute atomic E-state index is 2.78. The van der Waals surface area contributed by atoms with Crippen LogP contribution in [0.2, 0.25) is 0 Å². The van der Waals surface area contributed by atoms with Crippen molar-refractivity contribution in [1.29, 1.82) is 0 Å². The highest BCUT2D eigenvalue weighted by Crippen LogP contribution is 2.21. The number of rotatable bonds is 11. The number of unbranched alkanes of at least 4 members (excludes halogenated alkanes) is 5. The van der Waals surface area contributed by atoms with Gasteiger partial charge in [0.15, 0.2) is 0 Å². The molecule has 3 rings (SSSR count). The summed E-state index contributed by atoms with van der Waals surface area (Å²) in [5.41, 5.74) is 3.05. The SMILES string of the molecule is CCCCCCCCc1ccc(CCN2CCC(N3CCCCC3)CC2)cc1. The highest BCUT2D eigenvalue weighted by atomic mass is 15.2. The van der Waals surface area contributed by atoms with E-state index in [9.17, 15) is 0 Å². The summed E-state index contributed by atoms with van der Waals surface area (Å²) < 4.78 is 0. The third-order valence-corrected chi connectivity index (χ3v) is 7.02. The molecule has 2 aliphatic heterocycles. The van der Waals surface area contributed by atoms with Gasteiger partial charge in [0, 0.05) is 12.6 Å². The van der Waals surface area contributed by atoms with Gasteiger partial charge >= 0.3 is 0 Å². The molecule has 0 bridgehead atoms. The minimum atomic E-state index is 0.873.